The number of ether oxygens (including phenoxy) is 1. The van der Waals surface area contributed by atoms with Gasteiger partial charge < -0.3 is 13.7 Å². The van der Waals surface area contributed by atoms with E-state index in [0.29, 0.717) is 11.6 Å². The predicted octanol–water partition coefficient (Wildman–Crippen LogP) is 1.04. The summed E-state index contributed by atoms with van der Waals surface area (Å²) >= 11 is 0. The van der Waals surface area contributed by atoms with Crippen LogP contribution in [-0.4, -0.2) is 10.1 Å². The lowest BCUT2D eigenvalue weighted by Gasteiger charge is -1.95. The van der Waals surface area contributed by atoms with Crippen LogP contribution in [0.1, 0.15) is 5.89 Å². The summed E-state index contributed by atoms with van der Waals surface area (Å²) in [5, 5.41) is 3.35. The van der Waals surface area contributed by atoms with Crippen LogP contribution in [0.25, 0.3) is 0 Å². The SMILES string of the molecule is [c]1nocc1OCc1ncco1. The van der Waals surface area contributed by atoms with Crippen LogP contribution in [0.15, 0.2) is 27.7 Å². The zero-order chi connectivity index (χ0) is 8.23. The Hall–Kier alpha value is -1.78. The maximum Gasteiger partial charge on any atom is 0.232 e. The van der Waals surface area contributed by atoms with Gasteiger partial charge in [0.2, 0.25) is 5.89 Å². The van der Waals surface area contributed by atoms with Crippen molar-refractivity contribution in [3.05, 3.63) is 30.8 Å². The molecule has 0 aliphatic carbocycles. The number of oxazole rings is 1. The monoisotopic (exact) mass is 165 g/mol. The molecule has 0 saturated carbocycles. The highest BCUT2D eigenvalue weighted by Crippen LogP contribution is 2.08. The van der Waals surface area contributed by atoms with E-state index in [9.17, 15) is 0 Å². The Kier molecular flexibility index (Phi) is 1.77. The minimum Gasteiger partial charge on any atom is -0.478 e. The second kappa shape index (κ2) is 3.08. The minimum atomic E-state index is 0.255. The Morgan fingerprint density at radius 1 is 1.58 bits per heavy atom. The van der Waals surface area contributed by atoms with Crippen molar-refractivity contribution in [2.45, 2.75) is 6.61 Å². The molecule has 2 aromatic rings. The Bertz CT molecular complexity index is 280. The van der Waals surface area contributed by atoms with E-state index in [1.165, 1.54) is 12.5 Å². The van der Waals surface area contributed by atoms with Gasteiger partial charge in [0.25, 0.3) is 0 Å². The van der Waals surface area contributed by atoms with Crippen molar-refractivity contribution in [3.8, 4) is 5.75 Å². The summed E-state index contributed by atoms with van der Waals surface area (Å²) < 4.78 is 14.6. The molecule has 61 valence electrons. The molecule has 0 aromatic carbocycles. The van der Waals surface area contributed by atoms with E-state index in [2.05, 4.69) is 20.9 Å². The summed E-state index contributed by atoms with van der Waals surface area (Å²) in [6.45, 7) is 0.255. The van der Waals surface area contributed by atoms with Crippen LogP contribution < -0.4 is 4.74 Å². The second-order valence-electron chi connectivity index (χ2n) is 2.01. The number of hydrogen-bond donors (Lipinski definition) is 0. The Morgan fingerprint density at radius 2 is 2.58 bits per heavy atom. The molecule has 0 N–H and O–H groups in total. The van der Waals surface area contributed by atoms with E-state index in [-0.39, 0.29) is 6.61 Å². The van der Waals surface area contributed by atoms with Gasteiger partial charge in [0.05, 0.1) is 6.20 Å². The van der Waals surface area contributed by atoms with Gasteiger partial charge in [-0.15, -0.1) is 0 Å². The molecule has 0 amide bonds. The lowest BCUT2D eigenvalue weighted by molar-refractivity contribution is 0.260. The molecule has 12 heavy (non-hydrogen) atoms. The first-order valence-electron chi connectivity index (χ1n) is 3.28. The number of hydrogen-bond acceptors (Lipinski definition) is 5. The molecule has 0 atom stereocenters. The lowest BCUT2D eigenvalue weighted by Crippen LogP contribution is -1.93. The largest absolute Gasteiger partial charge is 0.478 e. The molecule has 0 fully saturated rings. The fourth-order valence-electron chi connectivity index (χ4n) is 0.702. The van der Waals surface area contributed by atoms with E-state index in [0.717, 1.165) is 0 Å². The maximum absolute atomic E-state index is 5.12. The van der Waals surface area contributed by atoms with Gasteiger partial charge in [-0.1, -0.05) is 5.16 Å². The van der Waals surface area contributed by atoms with Crippen molar-refractivity contribution in [3.63, 3.8) is 0 Å². The van der Waals surface area contributed by atoms with Crippen LogP contribution in [0.4, 0.5) is 0 Å². The normalized spacial score (nSPS) is 10.0. The molecule has 2 aromatic heterocycles. The topological polar surface area (TPSA) is 61.3 Å². The molecule has 0 saturated heterocycles. The standard InChI is InChI=1S/C7H5N2O3/c1-2-10-7(8-1)5-11-6-3-9-12-4-6/h1-2,4H,5H2. The average molecular weight is 165 g/mol. The van der Waals surface area contributed by atoms with Crippen molar-refractivity contribution in [1.29, 1.82) is 0 Å². The van der Waals surface area contributed by atoms with Crippen LogP contribution >= 0.6 is 0 Å². The van der Waals surface area contributed by atoms with Crippen LogP contribution in [0.5, 0.6) is 5.75 Å². The van der Waals surface area contributed by atoms with E-state index < -0.39 is 0 Å². The fourth-order valence-corrected chi connectivity index (χ4v) is 0.702. The first-order chi connectivity index (χ1) is 5.95. The Morgan fingerprint density at radius 3 is 3.25 bits per heavy atom. The van der Waals surface area contributed by atoms with Crippen LogP contribution in [0, 0.1) is 6.20 Å². The van der Waals surface area contributed by atoms with Gasteiger partial charge in [0.1, 0.15) is 6.26 Å². The molecule has 0 aliphatic heterocycles. The molecule has 0 unspecified atom stereocenters. The third-order valence-electron chi connectivity index (χ3n) is 1.20. The van der Waals surface area contributed by atoms with Crippen molar-refractivity contribution in [2.24, 2.45) is 0 Å². The van der Waals surface area contributed by atoms with Crippen LogP contribution in [0.2, 0.25) is 0 Å². The Labute approximate surface area is 67.9 Å². The zero-order valence-electron chi connectivity index (χ0n) is 6.06. The highest BCUT2D eigenvalue weighted by atomic mass is 16.5. The summed E-state index contributed by atoms with van der Waals surface area (Å²) in [7, 11) is 0. The Balaban J connectivity index is 1.91. The fraction of sp³-hybridized carbons (Fsp3) is 0.143. The van der Waals surface area contributed by atoms with Gasteiger partial charge >= 0.3 is 0 Å². The van der Waals surface area contributed by atoms with E-state index in [4.69, 9.17) is 9.15 Å². The van der Waals surface area contributed by atoms with Crippen molar-refractivity contribution in [1.82, 2.24) is 10.1 Å². The molecule has 5 nitrogen and oxygen atoms in total. The van der Waals surface area contributed by atoms with Crippen molar-refractivity contribution >= 4 is 0 Å². The summed E-state index contributed by atoms with van der Waals surface area (Å²) in [5.74, 6) is 0.942. The summed E-state index contributed by atoms with van der Waals surface area (Å²) in [4.78, 5) is 3.86. The third kappa shape index (κ3) is 1.45. The number of aromatic nitrogens is 2. The smallest absolute Gasteiger partial charge is 0.232 e. The zero-order valence-corrected chi connectivity index (χ0v) is 6.06. The first kappa shape index (κ1) is 6.90. The van der Waals surface area contributed by atoms with Gasteiger partial charge in [0.15, 0.2) is 24.8 Å². The van der Waals surface area contributed by atoms with E-state index in [1.807, 2.05) is 0 Å². The number of nitrogens with zero attached hydrogens (tertiary/aromatic N) is 2. The van der Waals surface area contributed by atoms with E-state index in [1.54, 1.807) is 6.20 Å². The molecule has 5 heteroatoms. The molecule has 0 aliphatic rings. The van der Waals surface area contributed by atoms with Crippen LogP contribution in [-0.2, 0) is 6.61 Å². The van der Waals surface area contributed by atoms with E-state index >= 15 is 0 Å². The van der Waals surface area contributed by atoms with Crippen molar-refractivity contribution in [2.75, 3.05) is 0 Å². The highest BCUT2D eigenvalue weighted by molar-refractivity contribution is 5.06. The first-order valence-corrected chi connectivity index (χ1v) is 3.28. The maximum atomic E-state index is 5.12. The molecule has 1 radical (unpaired) electrons. The molecule has 0 bridgehead atoms. The van der Waals surface area contributed by atoms with Gasteiger partial charge in [0, 0.05) is 0 Å². The van der Waals surface area contributed by atoms with Gasteiger partial charge in [-0.25, -0.2) is 4.98 Å². The minimum absolute atomic E-state index is 0.255. The highest BCUT2D eigenvalue weighted by Gasteiger charge is 2.00. The summed E-state index contributed by atoms with van der Waals surface area (Å²) in [5.41, 5.74) is 0. The second-order valence-corrected chi connectivity index (χ2v) is 2.01. The third-order valence-corrected chi connectivity index (χ3v) is 1.20. The van der Waals surface area contributed by atoms with Crippen LogP contribution in [0.3, 0.4) is 0 Å². The van der Waals surface area contributed by atoms with Gasteiger partial charge in [-0.2, -0.15) is 0 Å². The molecule has 0 spiro atoms. The molecular weight excluding hydrogens is 160 g/mol. The number of rotatable bonds is 3. The molecular formula is C7H5N2O3. The summed E-state index contributed by atoms with van der Waals surface area (Å²) in [6.07, 6.45) is 6.88. The van der Waals surface area contributed by atoms with Gasteiger partial charge in [-0.3, -0.25) is 0 Å². The average Bonchev–Trinajstić information content (AvgIpc) is 2.74. The molecule has 2 rings (SSSR count). The molecule has 2 heterocycles. The lowest BCUT2D eigenvalue weighted by atomic mass is 10.6. The van der Waals surface area contributed by atoms with Gasteiger partial charge in [-0.05, 0) is 0 Å². The van der Waals surface area contributed by atoms with Crippen molar-refractivity contribution < 1.29 is 13.7 Å². The predicted molar refractivity (Wildman–Crippen MR) is 36.2 cm³/mol. The summed E-state index contributed by atoms with van der Waals surface area (Å²) in [6, 6.07) is 0. The quantitative estimate of drug-likeness (QED) is 0.680.